The topological polar surface area (TPSA) is 95.2 Å². The summed E-state index contributed by atoms with van der Waals surface area (Å²) in [5, 5.41) is 13.5. The van der Waals surface area contributed by atoms with Gasteiger partial charge in [0.05, 0.1) is 23.4 Å². The lowest BCUT2D eigenvalue weighted by Crippen LogP contribution is -2.45. The van der Waals surface area contributed by atoms with Gasteiger partial charge in [0.15, 0.2) is 0 Å². The lowest BCUT2D eigenvalue weighted by Gasteiger charge is -2.31. The Hall–Kier alpha value is -2.15. The van der Waals surface area contributed by atoms with Crippen molar-refractivity contribution in [1.29, 1.82) is 0 Å². The number of hydrogen-bond donors (Lipinski definition) is 2. The summed E-state index contributed by atoms with van der Waals surface area (Å²) in [6.07, 6.45) is 4.36. The number of nitrogens with one attached hydrogen (secondary N) is 1. The number of carboxylic acids is 1. The smallest absolute Gasteiger partial charge is 0.321 e. The van der Waals surface area contributed by atoms with E-state index in [9.17, 15) is 9.90 Å². The number of aliphatic carboxylic acids is 1. The van der Waals surface area contributed by atoms with Gasteiger partial charge >= 0.3 is 5.97 Å². The van der Waals surface area contributed by atoms with Crippen molar-refractivity contribution < 1.29 is 14.4 Å². The Morgan fingerprint density at radius 3 is 3.14 bits per heavy atom. The average Bonchev–Trinajstić information content (AvgIpc) is 3.03. The Balaban J connectivity index is 1.55. The van der Waals surface area contributed by atoms with E-state index in [1.54, 1.807) is 6.33 Å². The van der Waals surface area contributed by atoms with Gasteiger partial charge in [-0.3, -0.25) is 9.69 Å². The molecule has 1 saturated carbocycles. The zero-order chi connectivity index (χ0) is 14.4. The third-order valence-electron chi connectivity index (χ3n) is 4.20. The van der Waals surface area contributed by atoms with Gasteiger partial charge < -0.3 is 14.6 Å². The minimum Gasteiger partial charge on any atom is -0.480 e. The molecule has 0 aromatic carbocycles. The molecule has 7 heteroatoms. The maximum Gasteiger partial charge on any atom is 0.321 e. The summed E-state index contributed by atoms with van der Waals surface area (Å²) in [4.78, 5) is 20.7. The van der Waals surface area contributed by atoms with Gasteiger partial charge in [0, 0.05) is 31.5 Å². The highest BCUT2D eigenvalue weighted by molar-refractivity contribution is 5.74. The van der Waals surface area contributed by atoms with Crippen LogP contribution in [0.1, 0.15) is 41.6 Å². The second-order valence-electron chi connectivity index (χ2n) is 5.79. The first-order valence-electron chi connectivity index (χ1n) is 7.14. The molecule has 21 heavy (non-hydrogen) atoms. The highest BCUT2D eigenvalue weighted by Gasteiger charge is 2.34. The number of fused-ring (bicyclic) bond motifs is 1. The Labute approximate surface area is 121 Å². The molecule has 0 saturated heterocycles. The van der Waals surface area contributed by atoms with Crippen LogP contribution >= 0.6 is 0 Å². The number of nitrogens with zero attached hydrogens (tertiary/aromatic N) is 3. The summed E-state index contributed by atoms with van der Waals surface area (Å²) in [5.41, 5.74) is 2.63. The van der Waals surface area contributed by atoms with Gasteiger partial charge in [-0.05, 0) is 12.8 Å². The third-order valence-corrected chi connectivity index (χ3v) is 4.20. The number of rotatable bonds is 4. The summed E-state index contributed by atoms with van der Waals surface area (Å²) < 4.78 is 5.34. The fourth-order valence-electron chi connectivity index (χ4n) is 2.87. The van der Waals surface area contributed by atoms with Crippen LogP contribution in [0.5, 0.6) is 0 Å². The Morgan fingerprint density at radius 1 is 1.52 bits per heavy atom. The minimum atomic E-state index is -0.824. The summed E-state index contributed by atoms with van der Waals surface area (Å²) >= 11 is 0. The van der Waals surface area contributed by atoms with Crippen LogP contribution in [0.25, 0.3) is 0 Å². The third kappa shape index (κ3) is 2.33. The van der Waals surface area contributed by atoms with Gasteiger partial charge in [-0.15, -0.1) is 0 Å². The number of aromatic nitrogens is 3. The first-order chi connectivity index (χ1) is 10.2. The molecule has 0 spiro atoms. The largest absolute Gasteiger partial charge is 0.480 e. The molecule has 0 unspecified atom stereocenters. The van der Waals surface area contributed by atoms with Crippen molar-refractivity contribution in [1.82, 2.24) is 20.0 Å². The number of carbonyl (C=O) groups is 1. The van der Waals surface area contributed by atoms with Gasteiger partial charge in [0.25, 0.3) is 0 Å². The molecule has 0 radical (unpaired) electrons. The predicted octanol–water partition coefficient (Wildman–Crippen LogP) is 1.29. The van der Waals surface area contributed by atoms with E-state index in [-0.39, 0.29) is 0 Å². The van der Waals surface area contributed by atoms with Crippen LogP contribution in [-0.2, 0) is 24.3 Å². The van der Waals surface area contributed by atoms with E-state index < -0.39 is 12.0 Å². The highest BCUT2D eigenvalue weighted by Crippen LogP contribution is 2.40. The lowest BCUT2D eigenvalue weighted by atomic mass is 10.0. The molecule has 1 atom stereocenters. The van der Waals surface area contributed by atoms with E-state index >= 15 is 0 Å². The molecule has 1 aliphatic carbocycles. The Morgan fingerprint density at radius 2 is 2.38 bits per heavy atom. The first kappa shape index (κ1) is 12.6. The van der Waals surface area contributed by atoms with Crippen LogP contribution < -0.4 is 0 Å². The molecule has 1 aliphatic heterocycles. The van der Waals surface area contributed by atoms with Crippen molar-refractivity contribution in [3.8, 4) is 0 Å². The molecule has 110 valence electrons. The maximum atomic E-state index is 11.5. The summed E-state index contributed by atoms with van der Waals surface area (Å²) in [5.74, 6) is 0.618. The fourth-order valence-corrected chi connectivity index (χ4v) is 2.87. The van der Waals surface area contributed by atoms with Gasteiger partial charge in [-0.2, -0.15) is 0 Å². The quantitative estimate of drug-likeness (QED) is 0.880. The number of hydrogen-bond acceptors (Lipinski definition) is 5. The number of imidazole rings is 1. The van der Waals surface area contributed by atoms with Gasteiger partial charge in [-0.25, -0.2) is 4.98 Å². The second-order valence-corrected chi connectivity index (χ2v) is 5.79. The van der Waals surface area contributed by atoms with Crippen molar-refractivity contribution >= 4 is 5.97 Å². The second kappa shape index (κ2) is 4.70. The Kier molecular flexibility index (Phi) is 2.81. The summed E-state index contributed by atoms with van der Waals surface area (Å²) in [6.45, 7) is 1.02. The molecule has 2 N–H and O–H groups in total. The number of H-pyrrole nitrogens is 1. The highest BCUT2D eigenvalue weighted by atomic mass is 16.5. The molecule has 2 aromatic heterocycles. The average molecular weight is 288 g/mol. The van der Waals surface area contributed by atoms with Gasteiger partial charge in [0.1, 0.15) is 11.8 Å². The van der Waals surface area contributed by atoms with E-state index in [4.69, 9.17) is 4.52 Å². The van der Waals surface area contributed by atoms with Crippen molar-refractivity contribution in [2.45, 2.75) is 44.3 Å². The van der Waals surface area contributed by atoms with Crippen LogP contribution in [0.15, 0.2) is 16.9 Å². The van der Waals surface area contributed by atoms with E-state index in [0.29, 0.717) is 25.4 Å². The zero-order valence-electron chi connectivity index (χ0n) is 11.5. The summed E-state index contributed by atoms with van der Waals surface area (Å²) in [6, 6.07) is 1.39. The molecule has 3 heterocycles. The van der Waals surface area contributed by atoms with Gasteiger partial charge in [-0.1, -0.05) is 5.16 Å². The molecular formula is C14H16N4O3. The fraction of sp³-hybridized carbons (Fsp3) is 0.500. The van der Waals surface area contributed by atoms with Crippen molar-refractivity contribution in [3.05, 3.63) is 35.2 Å². The van der Waals surface area contributed by atoms with Crippen molar-refractivity contribution in [3.63, 3.8) is 0 Å². The molecule has 0 bridgehead atoms. The van der Waals surface area contributed by atoms with E-state index in [1.165, 1.54) is 0 Å². The molecule has 0 amide bonds. The van der Waals surface area contributed by atoms with Crippen molar-refractivity contribution in [2.24, 2.45) is 0 Å². The normalized spacial score (nSPS) is 22.2. The molecule has 7 nitrogen and oxygen atoms in total. The van der Waals surface area contributed by atoms with Crippen molar-refractivity contribution in [2.75, 3.05) is 0 Å². The predicted molar refractivity (Wildman–Crippen MR) is 71.4 cm³/mol. The lowest BCUT2D eigenvalue weighted by molar-refractivity contribution is -0.144. The molecule has 2 aliphatic rings. The molecule has 2 aromatic rings. The standard InChI is InChI=1S/C14H16N4O3/c19-14(20)12-4-10-11(16-7-15-10)6-18(12)5-9-3-13(21-17-9)8-1-2-8/h3,7-8,12H,1-2,4-6H2,(H,15,16)(H,19,20)/t12-/m1/s1. The van der Waals surface area contributed by atoms with Gasteiger partial charge in [0.2, 0.25) is 0 Å². The number of aromatic amines is 1. The summed E-state index contributed by atoms with van der Waals surface area (Å²) in [7, 11) is 0. The maximum absolute atomic E-state index is 11.5. The number of carboxylic acid groups (broad SMARTS) is 1. The van der Waals surface area contributed by atoms with E-state index in [0.717, 1.165) is 35.7 Å². The first-order valence-corrected chi connectivity index (χ1v) is 7.14. The minimum absolute atomic E-state index is 0.418. The van der Waals surface area contributed by atoms with Crippen LogP contribution in [-0.4, -0.2) is 37.1 Å². The van der Waals surface area contributed by atoms with E-state index in [2.05, 4.69) is 15.1 Å². The molecular weight excluding hydrogens is 272 g/mol. The van der Waals surface area contributed by atoms with Crippen LogP contribution in [0.4, 0.5) is 0 Å². The molecule has 4 rings (SSSR count). The Bertz CT molecular complexity index is 673. The monoisotopic (exact) mass is 288 g/mol. The SMILES string of the molecule is O=C(O)[C@H]1Cc2nc[nH]c2CN1Cc1cc(C2CC2)on1. The zero-order valence-corrected chi connectivity index (χ0v) is 11.5. The molecule has 1 fully saturated rings. The van der Waals surface area contributed by atoms with Crippen LogP contribution in [0.2, 0.25) is 0 Å². The van der Waals surface area contributed by atoms with Crippen LogP contribution in [0, 0.1) is 0 Å². The van der Waals surface area contributed by atoms with Crippen LogP contribution in [0.3, 0.4) is 0 Å². The van der Waals surface area contributed by atoms with E-state index in [1.807, 2.05) is 11.0 Å².